The molecule has 1 atom stereocenters. The first-order valence-corrected chi connectivity index (χ1v) is 5.64. The fourth-order valence-electron chi connectivity index (χ4n) is 0.869. The van der Waals surface area contributed by atoms with Crippen LogP contribution >= 0.6 is 0 Å². The molecule has 1 fully saturated rings. The second-order valence-electron chi connectivity index (χ2n) is 4.34. The highest BCUT2D eigenvalue weighted by Crippen LogP contribution is 2.30. The van der Waals surface area contributed by atoms with Crippen LogP contribution in [0.3, 0.4) is 0 Å². The molecule has 0 aromatic heterocycles. The maximum absolute atomic E-state index is 11.5. The minimum absolute atomic E-state index is 0.197. The van der Waals surface area contributed by atoms with Crippen molar-refractivity contribution in [2.75, 3.05) is 5.75 Å². The summed E-state index contributed by atoms with van der Waals surface area (Å²) in [7, 11) is -0.998. The molecular weight excluding hydrogens is 172 g/mol. The van der Waals surface area contributed by atoms with Crippen molar-refractivity contribution in [3.05, 3.63) is 0 Å². The molecule has 2 nitrogen and oxygen atoms in total. The highest BCUT2D eigenvalue weighted by molar-refractivity contribution is 7.87. The summed E-state index contributed by atoms with van der Waals surface area (Å²) in [6.45, 7) is 5.72. The van der Waals surface area contributed by atoms with Gasteiger partial charge in [0.25, 0.3) is 0 Å². The third-order valence-electron chi connectivity index (χ3n) is 1.99. The van der Waals surface area contributed by atoms with E-state index in [2.05, 4.69) is 0 Å². The van der Waals surface area contributed by atoms with E-state index in [1.165, 1.54) is 0 Å². The predicted octanol–water partition coefficient (Wildman–Crippen LogP) is 1.51. The second-order valence-corrected chi connectivity index (χ2v) is 6.55. The maximum Gasteiger partial charge on any atom is 0.148 e. The highest BCUT2D eigenvalue weighted by atomic mass is 32.2. The van der Waals surface area contributed by atoms with Gasteiger partial charge >= 0.3 is 0 Å². The summed E-state index contributed by atoms with van der Waals surface area (Å²) in [5.74, 6) is 0.702. The molecule has 0 bridgehead atoms. The Hall–Kier alpha value is -0.180. The van der Waals surface area contributed by atoms with Gasteiger partial charge in [-0.25, -0.2) is 0 Å². The van der Waals surface area contributed by atoms with Gasteiger partial charge < -0.3 is 0 Å². The standard InChI is InChI=1S/C9H16O2S/c1-9(2,3)12(11)6-8(10)7-4-5-7/h7H,4-6H2,1-3H3. The van der Waals surface area contributed by atoms with Gasteiger partial charge in [-0.1, -0.05) is 0 Å². The molecule has 1 aliphatic carbocycles. The summed E-state index contributed by atoms with van der Waals surface area (Å²) in [6.07, 6.45) is 2.03. The van der Waals surface area contributed by atoms with E-state index in [1.807, 2.05) is 20.8 Å². The van der Waals surface area contributed by atoms with Crippen molar-refractivity contribution >= 4 is 16.6 Å². The lowest BCUT2D eigenvalue weighted by molar-refractivity contribution is -0.117. The molecule has 0 N–H and O–H groups in total. The molecular formula is C9H16O2S. The molecule has 0 aliphatic heterocycles. The Morgan fingerprint density at radius 3 is 2.25 bits per heavy atom. The van der Waals surface area contributed by atoms with Gasteiger partial charge in [0.05, 0.1) is 5.75 Å². The molecule has 12 heavy (non-hydrogen) atoms. The van der Waals surface area contributed by atoms with E-state index in [9.17, 15) is 9.00 Å². The van der Waals surface area contributed by atoms with Crippen molar-refractivity contribution < 1.29 is 9.00 Å². The average Bonchev–Trinajstić information content (AvgIpc) is 2.65. The van der Waals surface area contributed by atoms with E-state index in [0.29, 0.717) is 0 Å². The number of rotatable bonds is 3. The van der Waals surface area contributed by atoms with Crippen LogP contribution in [0.15, 0.2) is 0 Å². The smallest absolute Gasteiger partial charge is 0.148 e. The fourth-order valence-corrected chi connectivity index (χ4v) is 1.80. The Balaban J connectivity index is 2.40. The van der Waals surface area contributed by atoms with Crippen molar-refractivity contribution in [2.45, 2.75) is 38.4 Å². The van der Waals surface area contributed by atoms with Gasteiger partial charge in [-0.2, -0.15) is 0 Å². The molecule has 0 heterocycles. The summed E-state index contributed by atoms with van der Waals surface area (Å²) in [6, 6.07) is 0. The highest BCUT2D eigenvalue weighted by Gasteiger charge is 2.32. The molecule has 3 heteroatoms. The molecule has 0 amide bonds. The van der Waals surface area contributed by atoms with Gasteiger partial charge in [0.1, 0.15) is 5.78 Å². The first-order valence-electron chi connectivity index (χ1n) is 4.32. The Morgan fingerprint density at radius 1 is 1.42 bits per heavy atom. The second kappa shape index (κ2) is 3.29. The first-order chi connectivity index (χ1) is 5.41. The number of carbonyl (C=O) groups is 1. The van der Waals surface area contributed by atoms with E-state index in [-0.39, 0.29) is 22.2 Å². The number of ketones is 1. The lowest BCUT2D eigenvalue weighted by Crippen LogP contribution is -2.28. The van der Waals surface area contributed by atoms with Gasteiger partial charge in [-0.3, -0.25) is 9.00 Å². The fraction of sp³-hybridized carbons (Fsp3) is 0.889. The molecule has 70 valence electrons. The van der Waals surface area contributed by atoms with Crippen molar-refractivity contribution in [3.8, 4) is 0 Å². The molecule has 1 rings (SSSR count). The number of Topliss-reactive ketones (excluding diaryl/α,β-unsaturated/α-hetero) is 1. The van der Waals surface area contributed by atoms with Crippen molar-refractivity contribution in [3.63, 3.8) is 0 Å². The summed E-state index contributed by atoms with van der Waals surface area (Å²) in [4.78, 5) is 11.3. The Kier molecular flexibility index (Phi) is 2.71. The maximum atomic E-state index is 11.5. The van der Waals surface area contributed by atoms with Crippen LogP contribution in [0.5, 0.6) is 0 Å². The average molecular weight is 188 g/mol. The van der Waals surface area contributed by atoms with Crippen LogP contribution in [0, 0.1) is 5.92 Å². The van der Waals surface area contributed by atoms with E-state index in [4.69, 9.17) is 0 Å². The van der Waals surface area contributed by atoms with Crippen LogP contribution in [0.25, 0.3) is 0 Å². The molecule has 0 saturated heterocycles. The Bertz CT molecular complexity index is 211. The van der Waals surface area contributed by atoms with Gasteiger partial charge in [0.15, 0.2) is 0 Å². The summed E-state index contributed by atoms with van der Waals surface area (Å²) in [5, 5.41) is 0. The van der Waals surface area contributed by atoms with Gasteiger partial charge in [-0.05, 0) is 33.6 Å². The third kappa shape index (κ3) is 2.70. The number of hydrogen-bond acceptors (Lipinski definition) is 2. The van der Waals surface area contributed by atoms with Crippen LogP contribution in [-0.4, -0.2) is 20.5 Å². The summed E-state index contributed by atoms with van der Waals surface area (Å²) >= 11 is 0. The Labute approximate surface area is 76.2 Å². The minimum Gasteiger partial charge on any atom is -0.298 e. The Morgan fingerprint density at radius 2 is 1.92 bits per heavy atom. The normalized spacial score (nSPS) is 20.6. The molecule has 0 spiro atoms. The monoisotopic (exact) mass is 188 g/mol. The number of hydrogen-bond donors (Lipinski definition) is 0. The molecule has 0 aromatic carbocycles. The zero-order valence-electron chi connectivity index (χ0n) is 7.92. The van der Waals surface area contributed by atoms with E-state index in [0.717, 1.165) is 12.8 Å². The van der Waals surface area contributed by atoms with Crippen LogP contribution in [0.4, 0.5) is 0 Å². The molecule has 1 unspecified atom stereocenters. The molecule has 1 saturated carbocycles. The predicted molar refractivity (Wildman–Crippen MR) is 50.5 cm³/mol. The third-order valence-corrected chi connectivity index (χ3v) is 3.90. The van der Waals surface area contributed by atoms with Crippen molar-refractivity contribution in [2.24, 2.45) is 5.92 Å². The van der Waals surface area contributed by atoms with Crippen molar-refractivity contribution in [1.29, 1.82) is 0 Å². The van der Waals surface area contributed by atoms with E-state index < -0.39 is 10.8 Å². The lowest BCUT2D eigenvalue weighted by Gasteiger charge is -2.16. The van der Waals surface area contributed by atoms with Crippen LogP contribution in [-0.2, 0) is 15.6 Å². The van der Waals surface area contributed by atoms with Gasteiger partial charge in [0.2, 0.25) is 0 Å². The molecule has 0 aromatic rings. The van der Waals surface area contributed by atoms with Crippen molar-refractivity contribution in [1.82, 2.24) is 0 Å². The van der Waals surface area contributed by atoms with Crippen LogP contribution in [0.1, 0.15) is 33.6 Å². The topological polar surface area (TPSA) is 34.1 Å². The van der Waals surface area contributed by atoms with Gasteiger partial charge in [-0.15, -0.1) is 0 Å². The zero-order chi connectivity index (χ0) is 9.35. The van der Waals surface area contributed by atoms with E-state index in [1.54, 1.807) is 0 Å². The molecule has 0 radical (unpaired) electrons. The zero-order valence-corrected chi connectivity index (χ0v) is 8.74. The minimum atomic E-state index is -0.998. The SMILES string of the molecule is CC(C)(C)S(=O)CC(=O)C1CC1. The largest absolute Gasteiger partial charge is 0.298 e. The first kappa shape index (κ1) is 9.90. The molecule has 1 aliphatic rings. The summed E-state index contributed by atoms with van der Waals surface area (Å²) < 4.78 is 11.3. The quantitative estimate of drug-likeness (QED) is 0.673. The van der Waals surface area contributed by atoms with Crippen LogP contribution in [0.2, 0.25) is 0 Å². The van der Waals surface area contributed by atoms with Crippen LogP contribution < -0.4 is 0 Å². The lowest BCUT2D eigenvalue weighted by atomic mass is 10.3. The van der Waals surface area contributed by atoms with E-state index >= 15 is 0 Å². The summed E-state index contributed by atoms with van der Waals surface area (Å²) in [5.41, 5.74) is 0. The number of carbonyl (C=O) groups excluding carboxylic acids is 1. The van der Waals surface area contributed by atoms with Gasteiger partial charge in [0, 0.05) is 21.5 Å².